The summed E-state index contributed by atoms with van der Waals surface area (Å²) in [6.07, 6.45) is 5.12. The zero-order valence-corrected chi connectivity index (χ0v) is 9.55. The molecule has 0 atom stereocenters. The summed E-state index contributed by atoms with van der Waals surface area (Å²) in [7, 11) is 0. The Morgan fingerprint density at radius 3 is 2.88 bits per heavy atom. The van der Waals surface area contributed by atoms with Crippen LogP contribution in [0.15, 0.2) is 36.8 Å². The molecule has 0 aliphatic carbocycles. The number of nitrogen functional groups attached to an aromatic ring is 1. The Morgan fingerprint density at radius 1 is 1.35 bits per heavy atom. The van der Waals surface area contributed by atoms with Crippen molar-refractivity contribution in [3.63, 3.8) is 0 Å². The van der Waals surface area contributed by atoms with E-state index >= 15 is 0 Å². The van der Waals surface area contributed by atoms with Gasteiger partial charge >= 0.3 is 0 Å². The van der Waals surface area contributed by atoms with E-state index in [0.29, 0.717) is 11.4 Å². The van der Waals surface area contributed by atoms with Crippen molar-refractivity contribution >= 4 is 11.6 Å². The van der Waals surface area contributed by atoms with Gasteiger partial charge in [-0.05, 0) is 24.6 Å². The second-order valence-electron chi connectivity index (χ2n) is 3.84. The first-order valence-electron chi connectivity index (χ1n) is 5.31. The van der Waals surface area contributed by atoms with Crippen molar-refractivity contribution in [2.24, 2.45) is 0 Å². The van der Waals surface area contributed by atoms with E-state index in [9.17, 15) is 4.79 Å². The molecule has 4 nitrogen and oxygen atoms in total. The molecule has 0 bridgehead atoms. The lowest BCUT2D eigenvalue weighted by molar-refractivity contribution is 0.0992. The number of Topliss-reactive ketones (excluding diaryl/α,β-unsaturated/α-hetero) is 1. The Bertz CT molecular complexity index is 552. The zero-order valence-electron chi connectivity index (χ0n) is 9.55. The fourth-order valence-electron chi connectivity index (χ4n) is 1.62. The second kappa shape index (κ2) is 4.74. The molecule has 0 radical (unpaired) electrons. The maximum atomic E-state index is 12.1. The molecule has 2 N–H and O–H groups in total. The topological polar surface area (TPSA) is 68.9 Å². The Balaban J connectivity index is 2.24. The van der Waals surface area contributed by atoms with Crippen LogP contribution in [-0.4, -0.2) is 15.8 Å². The summed E-state index contributed by atoms with van der Waals surface area (Å²) in [4.78, 5) is 20.0. The average molecular weight is 227 g/mol. The van der Waals surface area contributed by atoms with Crippen LogP contribution >= 0.6 is 0 Å². The van der Waals surface area contributed by atoms with Crippen LogP contribution in [0.3, 0.4) is 0 Å². The van der Waals surface area contributed by atoms with Gasteiger partial charge in [0.1, 0.15) is 5.82 Å². The van der Waals surface area contributed by atoms with E-state index in [4.69, 9.17) is 5.73 Å². The minimum Gasteiger partial charge on any atom is -0.383 e. The quantitative estimate of drug-likeness (QED) is 0.812. The number of pyridine rings is 2. The van der Waals surface area contributed by atoms with Crippen molar-refractivity contribution in [3.8, 4) is 0 Å². The maximum absolute atomic E-state index is 12.1. The van der Waals surface area contributed by atoms with Crippen LogP contribution in [0, 0.1) is 6.92 Å². The summed E-state index contributed by atoms with van der Waals surface area (Å²) in [5.74, 6) is 0.415. The van der Waals surface area contributed by atoms with Crippen molar-refractivity contribution < 1.29 is 4.79 Å². The second-order valence-corrected chi connectivity index (χ2v) is 3.84. The summed E-state index contributed by atoms with van der Waals surface area (Å²) >= 11 is 0. The molecule has 2 heterocycles. The fourth-order valence-corrected chi connectivity index (χ4v) is 1.62. The molecule has 0 saturated carbocycles. The molecule has 86 valence electrons. The summed E-state index contributed by atoms with van der Waals surface area (Å²) < 4.78 is 0. The van der Waals surface area contributed by atoms with E-state index in [1.807, 2.05) is 19.1 Å². The number of aromatic nitrogens is 2. The van der Waals surface area contributed by atoms with E-state index in [0.717, 1.165) is 11.1 Å². The van der Waals surface area contributed by atoms with Gasteiger partial charge in [-0.25, -0.2) is 4.98 Å². The molecule has 0 amide bonds. The highest BCUT2D eigenvalue weighted by Gasteiger charge is 2.11. The summed E-state index contributed by atoms with van der Waals surface area (Å²) in [6.45, 7) is 1.89. The molecule has 2 rings (SSSR count). The van der Waals surface area contributed by atoms with Crippen molar-refractivity contribution in [3.05, 3.63) is 53.5 Å². The third kappa shape index (κ3) is 2.47. The van der Waals surface area contributed by atoms with Gasteiger partial charge in [-0.1, -0.05) is 6.07 Å². The minimum atomic E-state index is 0.00954. The third-order valence-corrected chi connectivity index (χ3v) is 2.62. The van der Waals surface area contributed by atoms with Crippen LogP contribution in [0.5, 0.6) is 0 Å². The van der Waals surface area contributed by atoms with Gasteiger partial charge in [0.15, 0.2) is 5.78 Å². The van der Waals surface area contributed by atoms with Crippen LogP contribution < -0.4 is 5.73 Å². The molecule has 0 aromatic carbocycles. The maximum Gasteiger partial charge on any atom is 0.169 e. The van der Waals surface area contributed by atoms with Gasteiger partial charge in [0.05, 0.1) is 0 Å². The smallest absolute Gasteiger partial charge is 0.169 e. The van der Waals surface area contributed by atoms with Crippen LogP contribution in [0.2, 0.25) is 0 Å². The first-order chi connectivity index (χ1) is 8.18. The lowest BCUT2D eigenvalue weighted by atomic mass is 10.0. The van der Waals surface area contributed by atoms with Crippen molar-refractivity contribution in [2.75, 3.05) is 5.73 Å². The largest absolute Gasteiger partial charge is 0.383 e. The molecule has 0 unspecified atom stereocenters. The summed E-state index contributed by atoms with van der Waals surface area (Å²) in [5.41, 5.74) is 8.02. The molecule has 0 aliphatic rings. The predicted octanol–water partition coefficient (Wildman–Crippen LogP) is 1.79. The number of anilines is 1. The van der Waals surface area contributed by atoms with Crippen LogP contribution in [-0.2, 0) is 6.42 Å². The number of carbonyl (C=O) groups is 1. The fraction of sp³-hybridized carbons (Fsp3) is 0.154. The number of nitrogens with zero attached hydrogens (tertiary/aromatic N) is 2. The van der Waals surface area contributed by atoms with E-state index in [-0.39, 0.29) is 12.2 Å². The SMILES string of the molecule is Cc1ccncc1C(=O)Cc1cccnc1N. The van der Waals surface area contributed by atoms with Crippen molar-refractivity contribution in [2.45, 2.75) is 13.3 Å². The van der Waals surface area contributed by atoms with Crippen LogP contribution in [0.25, 0.3) is 0 Å². The highest BCUT2D eigenvalue weighted by atomic mass is 16.1. The average Bonchev–Trinajstić information content (AvgIpc) is 2.32. The van der Waals surface area contributed by atoms with Gasteiger partial charge in [0.2, 0.25) is 0 Å². The Kier molecular flexibility index (Phi) is 3.14. The normalized spacial score (nSPS) is 10.2. The van der Waals surface area contributed by atoms with E-state index in [1.54, 1.807) is 24.7 Å². The van der Waals surface area contributed by atoms with Crippen molar-refractivity contribution in [1.29, 1.82) is 0 Å². The van der Waals surface area contributed by atoms with Gasteiger partial charge in [0.25, 0.3) is 0 Å². The highest BCUT2D eigenvalue weighted by Crippen LogP contribution is 2.13. The molecule has 2 aromatic heterocycles. The number of hydrogen-bond donors (Lipinski definition) is 1. The molecule has 4 heteroatoms. The number of ketones is 1. The molecule has 0 spiro atoms. The molecular formula is C13H13N3O. The van der Waals surface area contributed by atoms with E-state index in [2.05, 4.69) is 9.97 Å². The monoisotopic (exact) mass is 227 g/mol. The number of carbonyl (C=O) groups excluding carboxylic acids is 1. The Hall–Kier alpha value is -2.23. The van der Waals surface area contributed by atoms with Crippen molar-refractivity contribution in [1.82, 2.24) is 9.97 Å². The van der Waals surface area contributed by atoms with Crippen LogP contribution in [0.4, 0.5) is 5.82 Å². The Labute approximate surface area is 99.5 Å². The first-order valence-corrected chi connectivity index (χ1v) is 5.31. The number of aryl methyl sites for hydroxylation is 1. The molecule has 0 saturated heterocycles. The van der Waals surface area contributed by atoms with E-state index < -0.39 is 0 Å². The minimum absolute atomic E-state index is 0.00954. The summed E-state index contributed by atoms with van der Waals surface area (Å²) in [6, 6.07) is 5.40. The van der Waals surface area contributed by atoms with Gasteiger partial charge in [-0.3, -0.25) is 9.78 Å². The third-order valence-electron chi connectivity index (χ3n) is 2.62. The molecule has 2 aromatic rings. The molecule has 0 aliphatic heterocycles. The number of hydrogen-bond acceptors (Lipinski definition) is 4. The molecule has 17 heavy (non-hydrogen) atoms. The molecular weight excluding hydrogens is 214 g/mol. The van der Waals surface area contributed by atoms with Gasteiger partial charge in [-0.2, -0.15) is 0 Å². The first kappa shape index (κ1) is 11.3. The lowest BCUT2D eigenvalue weighted by Crippen LogP contribution is -2.08. The molecule has 0 fully saturated rings. The zero-order chi connectivity index (χ0) is 12.3. The lowest BCUT2D eigenvalue weighted by Gasteiger charge is -2.05. The summed E-state index contributed by atoms with van der Waals surface area (Å²) in [5, 5.41) is 0. The highest BCUT2D eigenvalue weighted by molar-refractivity contribution is 5.98. The van der Waals surface area contributed by atoms with Gasteiger partial charge in [0, 0.05) is 36.1 Å². The van der Waals surface area contributed by atoms with E-state index in [1.165, 1.54) is 0 Å². The Morgan fingerprint density at radius 2 is 2.18 bits per heavy atom. The van der Waals surface area contributed by atoms with Crippen LogP contribution in [0.1, 0.15) is 21.5 Å². The van der Waals surface area contributed by atoms with Gasteiger partial charge in [-0.15, -0.1) is 0 Å². The number of rotatable bonds is 3. The standard InChI is InChI=1S/C13H13N3O/c1-9-4-6-15-8-11(9)12(17)7-10-3-2-5-16-13(10)14/h2-6,8H,7H2,1H3,(H2,14,16). The van der Waals surface area contributed by atoms with Gasteiger partial charge < -0.3 is 5.73 Å². The predicted molar refractivity (Wildman–Crippen MR) is 65.7 cm³/mol. The number of nitrogens with two attached hydrogens (primary N) is 1.